The van der Waals surface area contributed by atoms with Gasteiger partial charge in [-0.1, -0.05) is 43.4 Å². The molecule has 28 heavy (non-hydrogen) atoms. The molecule has 1 amide bonds. The molecule has 0 bridgehead atoms. The summed E-state index contributed by atoms with van der Waals surface area (Å²) in [7, 11) is 0. The quantitative estimate of drug-likeness (QED) is 0.581. The van der Waals surface area contributed by atoms with Crippen molar-refractivity contribution < 1.29 is 18.3 Å². The van der Waals surface area contributed by atoms with E-state index in [2.05, 4.69) is 10.2 Å². The standard InChI is InChI=1S/C20H19F2N3O2S/c1-13(2)11-25(18(26)12-27-15-6-4-3-5-7-15)20-24-23-19(28-20)14-8-9-16(21)17(22)10-14/h3-10,13H,11-12H2,1-2H3. The number of hydrogen-bond donors (Lipinski definition) is 0. The lowest BCUT2D eigenvalue weighted by molar-refractivity contribution is -0.120. The van der Waals surface area contributed by atoms with Crippen LogP contribution >= 0.6 is 11.3 Å². The highest BCUT2D eigenvalue weighted by atomic mass is 32.1. The van der Waals surface area contributed by atoms with E-state index in [0.29, 0.717) is 28.0 Å². The Morgan fingerprint density at radius 1 is 1.11 bits per heavy atom. The molecule has 1 heterocycles. The van der Waals surface area contributed by atoms with Gasteiger partial charge in [0.15, 0.2) is 18.2 Å². The Hall–Kier alpha value is -2.87. The summed E-state index contributed by atoms with van der Waals surface area (Å²) in [5, 5.41) is 8.89. The Morgan fingerprint density at radius 2 is 1.86 bits per heavy atom. The molecular formula is C20H19F2N3O2S. The first kappa shape index (κ1) is 19.9. The minimum absolute atomic E-state index is 0.142. The predicted molar refractivity (Wildman–Crippen MR) is 104 cm³/mol. The van der Waals surface area contributed by atoms with E-state index in [4.69, 9.17) is 4.74 Å². The minimum Gasteiger partial charge on any atom is -0.484 e. The number of ether oxygens (including phenoxy) is 1. The van der Waals surface area contributed by atoms with Crippen LogP contribution in [-0.2, 0) is 4.79 Å². The van der Waals surface area contributed by atoms with E-state index in [-0.39, 0.29) is 18.4 Å². The van der Waals surface area contributed by atoms with Gasteiger partial charge in [-0.3, -0.25) is 9.69 Å². The molecule has 0 fully saturated rings. The van der Waals surface area contributed by atoms with Crippen molar-refractivity contribution >= 4 is 22.4 Å². The smallest absolute Gasteiger partial charge is 0.266 e. The average molecular weight is 403 g/mol. The number of aromatic nitrogens is 2. The third-order valence-corrected chi connectivity index (χ3v) is 4.76. The maximum Gasteiger partial charge on any atom is 0.266 e. The van der Waals surface area contributed by atoms with Gasteiger partial charge >= 0.3 is 0 Å². The molecule has 0 spiro atoms. The molecule has 0 aliphatic heterocycles. The number of carbonyl (C=O) groups is 1. The van der Waals surface area contributed by atoms with Crippen LogP contribution < -0.4 is 9.64 Å². The number of amides is 1. The number of para-hydroxylation sites is 1. The van der Waals surface area contributed by atoms with E-state index < -0.39 is 11.6 Å². The van der Waals surface area contributed by atoms with Crippen LogP contribution in [0.3, 0.4) is 0 Å². The van der Waals surface area contributed by atoms with Crippen molar-refractivity contribution in [3.05, 3.63) is 60.2 Å². The van der Waals surface area contributed by atoms with E-state index in [0.717, 1.165) is 23.5 Å². The number of hydrogen-bond acceptors (Lipinski definition) is 5. The van der Waals surface area contributed by atoms with Crippen molar-refractivity contribution in [2.24, 2.45) is 5.92 Å². The zero-order valence-corrected chi connectivity index (χ0v) is 16.2. The Labute approximate surface area is 165 Å². The molecule has 0 atom stereocenters. The van der Waals surface area contributed by atoms with E-state index in [1.54, 1.807) is 12.1 Å². The molecule has 3 rings (SSSR count). The molecule has 0 radical (unpaired) electrons. The van der Waals surface area contributed by atoms with Gasteiger partial charge in [0.1, 0.15) is 10.8 Å². The van der Waals surface area contributed by atoms with Gasteiger partial charge in [-0.25, -0.2) is 8.78 Å². The fraction of sp³-hybridized carbons (Fsp3) is 0.250. The van der Waals surface area contributed by atoms with Crippen molar-refractivity contribution in [2.75, 3.05) is 18.1 Å². The molecule has 2 aromatic carbocycles. The molecule has 5 nitrogen and oxygen atoms in total. The van der Waals surface area contributed by atoms with Gasteiger partial charge in [-0.2, -0.15) is 0 Å². The van der Waals surface area contributed by atoms with Crippen LogP contribution in [0.15, 0.2) is 48.5 Å². The summed E-state index contributed by atoms with van der Waals surface area (Å²) in [6.45, 7) is 4.26. The van der Waals surface area contributed by atoms with Crippen LogP contribution in [0.5, 0.6) is 5.75 Å². The van der Waals surface area contributed by atoms with Crippen LogP contribution in [0.25, 0.3) is 10.6 Å². The van der Waals surface area contributed by atoms with Gasteiger partial charge < -0.3 is 4.74 Å². The van der Waals surface area contributed by atoms with Crippen LogP contribution in [0.1, 0.15) is 13.8 Å². The third-order valence-electron chi connectivity index (χ3n) is 3.77. The van der Waals surface area contributed by atoms with E-state index >= 15 is 0 Å². The highest BCUT2D eigenvalue weighted by molar-refractivity contribution is 7.18. The second-order valence-corrected chi connectivity index (χ2v) is 7.47. The highest BCUT2D eigenvalue weighted by Crippen LogP contribution is 2.30. The highest BCUT2D eigenvalue weighted by Gasteiger charge is 2.22. The number of benzene rings is 2. The Balaban J connectivity index is 1.78. The number of anilines is 1. The van der Waals surface area contributed by atoms with Gasteiger partial charge in [0, 0.05) is 12.1 Å². The Morgan fingerprint density at radius 3 is 2.54 bits per heavy atom. The third kappa shape index (κ3) is 4.89. The van der Waals surface area contributed by atoms with Crippen molar-refractivity contribution in [1.82, 2.24) is 10.2 Å². The molecule has 0 aliphatic rings. The van der Waals surface area contributed by atoms with E-state index in [1.807, 2.05) is 32.0 Å². The lowest BCUT2D eigenvalue weighted by atomic mass is 10.2. The number of nitrogens with zero attached hydrogens (tertiary/aromatic N) is 3. The van der Waals surface area contributed by atoms with Crippen LogP contribution in [0.2, 0.25) is 0 Å². The van der Waals surface area contributed by atoms with Gasteiger partial charge in [-0.15, -0.1) is 10.2 Å². The molecule has 1 aromatic heterocycles. The summed E-state index contributed by atoms with van der Waals surface area (Å²) in [6.07, 6.45) is 0. The Kier molecular flexibility index (Phi) is 6.30. The summed E-state index contributed by atoms with van der Waals surface area (Å²) in [5.41, 5.74) is 0.403. The Bertz CT molecular complexity index is 948. The summed E-state index contributed by atoms with van der Waals surface area (Å²) in [6, 6.07) is 12.6. The zero-order valence-electron chi connectivity index (χ0n) is 15.4. The molecule has 3 aromatic rings. The SMILES string of the molecule is CC(C)CN(C(=O)COc1ccccc1)c1nnc(-c2ccc(F)c(F)c2)s1. The first-order valence-corrected chi connectivity index (χ1v) is 9.53. The van der Waals surface area contributed by atoms with Crippen molar-refractivity contribution in [3.63, 3.8) is 0 Å². The molecule has 0 unspecified atom stereocenters. The first-order valence-electron chi connectivity index (χ1n) is 8.71. The molecule has 146 valence electrons. The number of carbonyl (C=O) groups excluding carboxylic acids is 1. The van der Waals surface area contributed by atoms with Gasteiger partial charge in [0.25, 0.3) is 5.91 Å². The predicted octanol–water partition coefficient (Wildman–Crippen LogP) is 4.55. The fourth-order valence-electron chi connectivity index (χ4n) is 2.46. The molecule has 0 N–H and O–H groups in total. The molecule has 0 saturated heterocycles. The molecular weight excluding hydrogens is 384 g/mol. The van der Waals surface area contributed by atoms with Crippen molar-refractivity contribution in [1.29, 1.82) is 0 Å². The van der Waals surface area contributed by atoms with Gasteiger partial charge in [-0.05, 0) is 36.2 Å². The first-order chi connectivity index (χ1) is 13.4. The van der Waals surface area contributed by atoms with Crippen molar-refractivity contribution in [2.45, 2.75) is 13.8 Å². The normalized spacial score (nSPS) is 10.9. The van der Waals surface area contributed by atoms with Crippen LogP contribution in [-0.4, -0.2) is 29.3 Å². The molecule has 8 heteroatoms. The fourth-order valence-corrected chi connectivity index (χ4v) is 3.33. The monoisotopic (exact) mass is 403 g/mol. The van der Waals surface area contributed by atoms with Crippen LogP contribution in [0.4, 0.5) is 13.9 Å². The van der Waals surface area contributed by atoms with E-state index in [9.17, 15) is 13.6 Å². The van der Waals surface area contributed by atoms with Gasteiger partial charge in [0.2, 0.25) is 5.13 Å². The second-order valence-electron chi connectivity index (χ2n) is 6.52. The summed E-state index contributed by atoms with van der Waals surface area (Å²) in [4.78, 5) is 14.2. The second kappa shape index (κ2) is 8.88. The average Bonchev–Trinajstić information content (AvgIpc) is 3.17. The largest absolute Gasteiger partial charge is 0.484 e. The zero-order chi connectivity index (χ0) is 20.1. The van der Waals surface area contributed by atoms with Crippen LogP contribution in [0, 0.1) is 17.6 Å². The summed E-state index contributed by atoms with van der Waals surface area (Å²) in [5.74, 6) is -1.36. The minimum atomic E-state index is -0.958. The maximum atomic E-state index is 13.5. The topological polar surface area (TPSA) is 55.3 Å². The van der Waals surface area contributed by atoms with Crippen molar-refractivity contribution in [3.8, 4) is 16.3 Å². The van der Waals surface area contributed by atoms with E-state index in [1.165, 1.54) is 11.0 Å². The summed E-state index contributed by atoms with van der Waals surface area (Å²) >= 11 is 1.14. The molecule has 0 saturated carbocycles. The number of halogens is 2. The molecule has 0 aliphatic carbocycles. The number of rotatable bonds is 7. The lowest BCUT2D eigenvalue weighted by Crippen LogP contribution is -2.37. The van der Waals surface area contributed by atoms with Gasteiger partial charge in [0.05, 0.1) is 0 Å². The lowest BCUT2D eigenvalue weighted by Gasteiger charge is -2.21. The maximum absolute atomic E-state index is 13.5. The summed E-state index contributed by atoms with van der Waals surface area (Å²) < 4.78 is 32.2.